The highest BCUT2D eigenvalue weighted by atomic mass is 16.5. The van der Waals surface area contributed by atoms with Crippen molar-refractivity contribution in [2.24, 2.45) is 5.73 Å². The summed E-state index contributed by atoms with van der Waals surface area (Å²) in [6, 6.07) is 1.58. The molecule has 1 heterocycles. The minimum Gasteiger partial charge on any atom is -0.361 e. The van der Waals surface area contributed by atoms with E-state index in [9.17, 15) is 4.79 Å². The van der Waals surface area contributed by atoms with Gasteiger partial charge in [0, 0.05) is 25.1 Å². The van der Waals surface area contributed by atoms with Gasteiger partial charge in [0.05, 0.1) is 0 Å². The largest absolute Gasteiger partial charge is 0.361 e. The van der Waals surface area contributed by atoms with Gasteiger partial charge >= 0.3 is 0 Å². The van der Waals surface area contributed by atoms with E-state index < -0.39 is 0 Å². The van der Waals surface area contributed by atoms with Crippen molar-refractivity contribution in [1.82, 2.24) is 10.5 Å². The van der Waals surface area contributed by atoms with Crippen molar-refractivity contribution in [2.45, 2.75) is 26.3 Å². The second kappa shape index (κ2) is 4.76. The summed E-state index contributed by atoms with van der Waals surface area (Å²) in [4.78, 5) is 11.4. The average Bonchev–Trinajstić information content (AvgIpc) is 2.62. The monoisotopic (exact) mass is 197 g/mol. The number of aromatic nitrogens is 1. The number of nitrogens with zero attached hydrogens (tertiary/aromatic N) is 1. The van der Waals surface area contributed by atoms with Crippen LogP contribution in [0.4, 0.5) is 0 Å². The van der Waals surface area contributed by atoms with Crippen LogP contribution in [0.25, 0.3) is 0 Å². The van der Waals surface area contributed by atoms with Crippen molar-refractivity contribution >= 4 is 5.91 Å². The Morgan fingerprint density at radius 1 is 1.79 bits per heavy atom. The molecule has 0 aliphatic heterocycles. The first-order valence-corrected chi connectivity index (χ1v) is 4.62. The van der Waals surface area contributed by atoms with Crippen molar-refractivity contribution in [3.8, 4) is 0 Å². The van der Waals surface area contributed by atoms with Crippen LogP contribution >= 0.6 is 0 Å². The summed E-state index contributed by atoms with van der Waals surface area (Å²) in [5.41, 5.74) is 5.80. The molecule has 0 fully saturated rings. The SMILES string of the molecule is CCc1cc(C(=O)NCC(C)N)no1. The molecule has 0 spiro atoms. The number of aryl methyl sites for hydroxylation is 1. The standard InChI is InChI=1S/C9H15N3O2/c1-3-7-4-8(12-14-7)9(13)11-5-6(2)10/h4,6H,3,5,10H2,1-2H3,(H,11,13). The minimum absolute atomic E-state index is 0.0588. The van der Waals surface area contributed by atoms with Crippen molar-refractivity contribution in [1.29, 1.82) is 0 Å². The van der Waals surface area contributed by atoms with Gasteiger partial charge in [-0.25, -0.2) is 0 Å². The summed E-state index contributed by atoms with van der Waals surface area (Å²) in [6.07, 6.45) is 0.730. The maximum Gasteiger partial charge on any atom is 0.273 e. The fourth-order valence-electron chi connectivity index (χ4n) is 0.931. The molecule has 1 atom stereocenters. The Bertz CT molecular complexity index is 307. The summed E-state index contributed by atoms with van der Waals surface area (Å²) in [5, 5.41) is 6.29. The lowest BCUT2D eigenvalue weighted by Gasteiger charge is -2.04. The highest BCUT2D eigenvalue weighted by Crippen LogP contribution is 2.03. The number of nitrogens with two attached hydrogens (primary N) is 1. The lowest BCUT2D eigenvalue weighted by Crippen LogP contribution is -2.35. The average molecular weight is 197 g/mol. The van der Waals surface area contributed by atoms with E-state index in [1.54, 1.807) is 6.07 Å². The van der Waals surface area contributed by atoms with Crippen LogP contribution in [0.3, 0.4) is 0 Å². The third kappa shape index (κ3) is 2.85. The first-order chi connectivity index (χ1) is 6.63. The fraction of sp³-hybridized carbons (Fsp3) is 0.556. The molecule has 5 heteroatoms. The van der Waals surface area contributed by atoms with E-state index >= 15 is 0 Å². The van der Waals surface area contributed by atoms with Gasteiger partial charge in [-0.05, 0) is 6.92 Å². The van der Waals surface area contributed by atoms with Gasteiger partial charge in [-0.15, -0.1) is 0 Å². The first-order valence-electron chi connectivity index (χ1n) is 4.62. The summed E-state index contributed by atoms with van der Waals surface area (Å²) in [6.45, 7) is 4.19. The van der Waals surface area contributed by atoms with Gasteiger partial charge in [-0.2, -0.15) is 0 Å². The van der Waals surface area contributed by atoms with E-state index in [-0.39, 0.29) is 11.9 Å². The second-order valence-electron chi connectivity index (χ2n) is 3.22. The molecule has 5 nitrogen and oxygen atoms in total. The molecule has 1 aromatic rings. The normalized spacial score (nSPS) is 12.5. The van der Waals surface area contributed by atoms with E-state index in [1.807, 2.05) is 13.8 Å². The molecule has 1 amide bonds. The summed E-state index contributed by atoms with van der Waals surface area (Å²) >= 11 is 0. The third-order valence-electron chi connectivity index (χ3n) is 1.72. The third-order valence-corrected chi connectivity index (χ3v) is 1.72. The Hall–Kier alpha value is -1.36. The highest BCUT2D eigenvalue weighted by molar-refractivity contribution is 5.92. The molecule has 1 unspecified atom stereocenters. The lowest BCUT2D eigenvalue weighted by molar-refractivity contribution is 0.0942. The maximum absolute atomic E-state index is 11.4. The number of nitrogens with one attached hydrogen (secondary N) is 1. The Labute approximate surface area is 82.6 Å². The molecule has 3 N–H and O–H groups in total. The zero-order valence-corrected chi connectivity index (χ0v) is 8.41. The molecule has 0 radical (unpaired) electrons. The molecular formula is C9H15N3O2. The topological polar surface area (TPSA) is 81.2 Å². The Balaban J connectivity index is 2.52. The molecule has 0 aliphatic rings. The Morgan fingerprint density at radius 3 is 3.00 bits per heavy atom. The van der Waals surface area contributed by atoms with Crippen molar-refractivity contribution in [3.63, 3.8) is 0 Å². The molecule has 1 rings (SSSR count). The van der Waals surface area contributed by atoms with Gasteiger partial charge in [0.1, 0.15) is 5.76 Å². The van der Waals surface area contributed by atoms with Gasteiger partial charge in [0.2, 0.25) is 0 Å². The van der Waals surface area contributed by atoms with Crippen LogP contribution in [0, 0.1) is 0 Å². The summed E-state index contributed by atoms with van der Waals surface area (Å²) in [5.74, 6) is 0.460. The van der Waals surface area contributed by atoms with Crippen LogP contribution in [0.5, 0.6) is 0 Å². The quantitative estimate of drug-likeness (QED) is 0.728. The molecule has 0 saturated carbocycles. The van der Waals surface area contributed by atoms with Crippen LogP contribution in [0.15, 0.2) is 10.6 Å². The van der Waals surface area contributed by atoms with Gasteiger partial charge in [-0.3, -0.25) is 4.79 Å². The summed E-state index contributed by atoms with van der Waals surface area (Å²) in [7, 11) is 0. The van der Waals surface area contributed by atoms with E-state index in [0.717, 1.165) is 6.42 Å². The number of hydrogen-bond donors (Lipinski definition) is 2. The Kier molecular flexibility index (Phi) is 3.64. The van der Waals surface area contributed by atoms with Gasteiger partial charge in [0.15, 0.2) is 5.69 Å². The van der Waals surface area contributed by atoms with Gasteiger partial charge in [0.25, 0.3) is 5.91 Å². The van der Waals surface area contributed by atoms with Crippen LogP contribution in [-0.4, -0.2) is 23.7 Å². The summed E-state index contributed by atoms with van der Waals surface area (Å²) < 4.78 is 4.90. The van der Waals surface area contributed by atoms with E-state index in [1.165, 1.54) is 0 Å². The number of carbonyl (C=O) groups excluding carboxylic acids is 1. The van der Waals surface area contributed by atoms with Crippen molar-refractivity contribution in [3.05, 3.63) is 17.5 Å². The predicted octanol–water partition coefficient (Wildman–Crippen LogP) is 0.314. The zero-order chi connectivity index (χ0) is 10.6. The van der Waals surface area contributed by atoms with Crippen LogP contribution < -0.4 is 11.1 Å². The van der Waals surface area contributed by atoms with E-state index in [4.69, 9.17) is 10.3 Å². The minimum atomic E-state index is -0.245. The van der Waals surface area contributed by atoms with Crippen molar-refractivity contribution in [2.75, 3.05) is 6.54 Å². The van der Waals surface area contributed by atoms with E-state index in [0.29, 0.717) is 18.0 Å². The number of amides is 1. The second-order valence-corrected chi connectivity index (χ2v) is 3.22. The van der Waals surface area contributed by atoms with Gasteiger partial charge in [-0.1, -0.05) is 12.1 Å². The fourth-order valence-corrected chi connectivity index (χ4v) is 0.931. The number of carbonyl (C=O) groups is 1. The smallest absolute Gasteiger partial charge is 0.273 e. The number of rotatable bonds is 4. The molecule has 0 aromatic carbocycles. The molecule has 14 heavy (non-hydrogen) atoms. The van der Waals surface area contributed by atoms with Crippen LogP contribution in [0.2, 0.25) is 0 Å². The van der Waals surface area contributed by atoms with Crippen LogP contribution in [0.1, 0.15) is 30.1 Å². The molecule has 0 bridgehead atoms. The maximum atomic E-state index is 11.4. The molecule has 0 aliphatic carbocycles. The molecular weight excluding hydrogens is 182 g/mol. The molecule has 0 saturated heterocycles. The van der Waals surface area contributed by atoms with Crippen LogP contribution in [-0.2, 0) is 6.42 Å². The van der Waals surface area contributed by atoms with Gasteiger partial charge < -0.3 is 15.6 Å². The predicted molar refractivity (Wildman–Crippen MR) is 51.9 cm³/mol. The number of hydrogen-bond acceptors (Lipinski definition) is 4. The van der Waals surface area contributed by atoms with Crippen molar-refractivity contribution < 1.29 is 9.32 Å². The zero-order valence-electron chi connectivity index (χ0n) is 8.41. The molecule has 1 aromatic heterocycles. The highest BCUT2D eigenvalue weighted by Gasteiger charge is 2.11. The first kappa shape index (κ1) is 10.7. The van der Waals surface area contributed by atoms with E-state index in [2.05, 4.69) is 10.5 Å². The Morgan fingerprint density at radius 2 is 2.50 bits per heavy atom. The lowest BCUT2D eigenvalue weighted by atomic mass is 10.3. The molecule has 78 valence electrons.